The first-order valence-corrected chi connectivity index (χ1v) is 6.46. The van der Waals surface area contributed by atoms with E-state index >= 15 is 0 Å². The monoisotopic (exact) mass is 320 g/mol. The predicted molar refractivity (Wildman–Crippen MR) is 76.3 cm³/mol. The standard InChI is InChI=1S/C14H10BrFN2O/c1-7-2-3-9(16)6-10(7)14-18-12-5-8(15)4-11(17)13(12)19-14/h2-6H,17H2,1H3. The van der Waals surface area contributed by atoms with Gasteiger partial charge in [0.2, 0.25) is 5.89 Å². The summed E-state index contributed by atoms with van der Waals surface area (Å²) in [6.45, 7) is 1.88. The first kappa shape index (κ1) is 12.2. The van der Waals surface area contributed by atoms with E-state index < -0.39 is 0 Å². The summed E-state index contributed by atoms with van der Waals surface area (Å²) < 4.78 is 19.8. The molecule has 1 heterocycles. The Labute approximate surface area is 117 Å². The third-order valence-electron chi connectivity index (χ3n) is 2.91. The van der Waals surface area contributed by atoms with Crippen LogP contribution in [0.4, 0.5) is 10.1 Å². The van der Waals surface area contributed by atoms with Crippen LogP contribution >= 0.6 is 15.9 Å². The minimum absolute atomic E-state index is 0.322. The molecule has 5 heteroatoms. The van der Waals surface area contributed by atoms with Gasteiger partial charge in [0.25, 0.3) is 0 Å². The number of aryl methyl sites for hydroxylation is 1. The number of halogens is 2. The molecule has 0 atom stereocenters. The van der Waals surface area contributed by atoms with Crippen LogP contribution in [-0.2, 0) is 0 Å². The van der Waals surface area contributed by atoms with Crippen molar-refractivity contribution in [2.45, 2.75) is 6.92 Å². The van der Waals surface area contributed by atoms with Gasteiger partial charge in [-0.1, -0.05) is 22.0 Å². The van der Waals surface area contributed by atoms with E-state index in [0.29, 0.717) is 28.2 Å². The van der Waals surface area contributed by atoms with Crippen LogP contribution in [0.5, 0.6) is 0 Å². The van der Waals surface area contributed by atoms with E-state index in [-0.39, 0.29) is 5.82 Å². The topological polar surface area (TPSA) is 52.0 Å². The fourth-order valence-corrected chi connectivity index (χ4v) is 2.43. The van der Waals surface area contributed by atoms with Gasteiger partial charge in [-0.25, -0.2) is 9.37 Å². The van der Waals surface area contributed by atoms with Crippen molar-refractivity contribution in [2.75, 3.05) is 5.73 Å². The number of oxazole rings is 1. The molecule has 0 saturated heterocycles. The highest BCUT2D eigenvalue weighted by Crippen LogP contribution is 2.32. The van der Waals surface area contributed by atoms with Crippen LogP contribution in [-0.4, -0.2) is 4.98 Å². The Bertz CT molecular complexity index is 782. The smallest absolute Gasteiger partial charge is 0.227 e. The number of hydrogen-bond acceptors (Lipinski definition) is 3. The number of nitrogen functional groups attached to an aromatic ring is 1. The van der Waals surface area contributed by atoms with Crippen LogP contribution in [0.25, 0.3) is 22.6 Å². The fraction of sp³-hybridized carbons (Fsp3) is 0.0714. The van der Waals surface area contributed by atoms with Crippen LogP contribution in [0.2, 0.25) is 0 Å². The molecule has 0 radical (unpaired) electrons. The zero-order valence-corrected chi connectivity index (χ0v) is 11.7. The van der Waals surface area contributed by atoms with Crippen molar-refractivity contribution in [2.24, 2.45) is 0 Å². The lowest BCUT2D eigenvalue weighted by Gasteiger charge is -2.00. The summed E-state index contributed by atoms with van der Waals surface area (Å²) in [4.78, 5) is 4.36. The Morgan fingerprint density at radius 2 is 2.05 bits per heavy atom. The van der Waals surface area contributed by atoms with E-state index in [0.717, 1.165) is 10.0 Å². The van der Waals surface area contributed by atoms with Crippen LogP contribution in [0.1, 0.15) is 5.56 Å². The number of nitrogens with two attached hydrogens (primary N) is 1. The van der Waals surface area contributed by atoms with Crippen molar-refractivity contribution in [1.82, 2.24) is 4.98 Å². The van der Waals surface area contributed by atoms with Gasteiger partial charge >= 0.3 is 0 Å². The van der Waals surface area contributed by atoms with Crippen molar-refractivity contribution in [3.8, 4) is 11.5 Å². The molecule has 0 aliphatic rings. The zero-order valence-electron chi connectivity index (χ0n) is 10.1. The Balaban J connectivity index is 2.26. The van der Waals surface area contributed by atoms with E-state index in [4.69, 9.17) is 10.2 Å². The van der Waals surface area contributed by atoms with Crippen LogP contribution < -0.4 is 5.73 Å². The van der Waals surface area contributed by atoms with Crippen LogP contribution in [0, 0.1) is 12.7 Å². The summed E-state index contributed by atoms with van der Waals surface area (Å²) in [6, 6.07) is 8.07. The highest BCUT2D eigenvalue weighted by molar-refractivity contribution is 9.10. The Hall–Kier alpha value is -1.88. The average molecular weight is 321 g/mol. The summed E-state index contributed by atoms with van der Waals surface area (Å²) in [5.41, 5.74) is 9.06. The second-order valence-electron chi connectivity index (χ2n) is 4.32. The maximum atomic E-state index is 13.3. The molecule has 0 amide bonds. The van der Waals surface area contributed by atoms with E-state index in [2.05, 4.69) is 20.9 Å². The molecule has 0 unspecified atom stereocenters. The predicted octanol–water partition coefficient (Wildman–Crippen LogP) is 4.29. The van der Waals surface area contributed by atoms with Gasteiger partial charge in [-0.3, -0.25) is 0 Å². The van der Waals surface area contributed by atoms with Crippen molar-refractivity contribution in [1.29, 1.82) is 0 Å². The third-order valence-corrected chi connectivity index (χ3v) is 3.37. The van der Waals surface area contributed by atoms with Crippen molar-refractivity contribution >= 4 is 32.7 Å². The highest BCUT2D eigenvalue weighted by atomic mass is 79.9. The van der Waals surface area contributed by atoms with Crippen LogP contribution in [0.15, 0.2) is 39.2 Å². The molecule has 0 aliphatic heterocycles. The number of benzene rings is 2. The van der Waals surface area contributed by atoms with Crippen molar-refractivity contribution < 1.29 is 8.81 Å². The molecule has 0 saturated carbocycles. The SMILES string of the molecule is Cc1ccc(F)cc1-c1nc2cc(Br)cc(N)c2o1. The normalized spacial score (nSPS) is 11.1. The van der Waals surface area contributed by atoms with E-state index in [1.807, 2.05) is 13.0 Å². The molecule has 0 bridgehead atoms. The molecule has 0 aliphatic carbocycles. The molecule has 3 aromatic rings. The lowest BCUT2D eigenvalue weighted by molar-refractivity contribution is 0.611. The third kappa shape index (κ3) is 2.10. The van der Waals surface area contributed by atoms with Crippen molar-refractivity contribution in [3.63, 3.8) is 0 Å². The molecule has 3 rings (SSSR count). The number of rotatable bonds is 1. The second-order valence-corrected chi connectivity index (χ2v) is 5.24. The largest absolute Gasteiger partial charge is 0.434 e. The number of fused-ring (bicyclic) bond motifs is 1. The molecule has 96 valence electrons. The molecular weight excluding hydrogens is 311 g/mol. The first-order valence-electron chi connectivity index (χ1n) is 5.66. The van der Waals surface area contributed by atoms with Gasteiger partial charge in [-0.05, 0) is 36.8 Å². The lowest BCUT2D eigenvalue weighted by atomic mass is 10.1. The van der Waals surface area contributed by atoms with E-state index in [9.17, 15) is 4.39 Å². The van der Waals surface area contributed by atoms with Gasteiger partial charge in [0, 0.05) is 10.0 Å². The fourth-order valence-electron chi connectivity index (χ4n) is 1.96. The number of nitrogens with zero attached hydrogens (tertiary/aromatic N) is 1. The zero-order chi connectivity index (χ0) is 13.6. The van der Waals surface area contributed by atoms with E-state index in [1.165, 1.54) is 12.1 Å². The average Bonchev–Trinajstić information content (AvgIpc) is 2.76. The Morgan fingerprint density at radius 3 is 2.84 bits per heavy atom. The second kappa shape index (κ2) is 4.35. The summed E-state index contributed by atoms with van der Waals surface area (Å²) >= 11 is 3.35. The van der Waals surface area contributed by atoms with Gasteiger partial charge in [-0.15, -0.1) is 0 Å². The van der Waals surface area contributed by atoms with Gasteiger partial charge in [0.1, 0.15) is 11.3 Å². The molecular formula is C14H10BrFN2O. The maximum absolute atomic E-state index is 13.3. The van der Waals surface area contributed by atoms with Crippen molar-refractivity contribution in [3.05, 3.63) is 46.2 Å². The number of anilines is 1. The maximum Gasteiger partial charge on any atom is 0.227 e. The summed E-state index contributed by atoms with van der Waals surface area (Å²) in [5, 5.41) is 0. The summed E-state index contributed by atoms with van der Waals surface area (Å²) in [5.74, 6) is 0.0498. The quantitative estimate of drug-likeness (QED) is 0.680. The minimum atomic E-state index is -0.322. The number of hydrogen-bond donors (Lipinski definition) is 1. The van der Waals surface area contributed by atoms with Gasteiger partial charge in [0.05, 0.1) is 5.69 Å². The highest BCUT2D eigenvalue weighted by Gasteiger charge is 2.13. The molecule has 2 aromatic carbocycles. The van der Waals surface area contributed by atoms with E-state index in [1.54, 1.807) is 12.1 Å². The minimum Gasteiger partial charge on any atom is -0.434 e. The number of aromatic nitrogens is 1. The Morgan fingerprint density at radius 1 is 1.26 bits per heavy atom. The first-order chi connectivity index (χ1) is 9.04. The Kier molecular flexibility index (Phi) is 2.78. The van der Waals surface area contributed by atoms with Crippen LogP contribution in [0.3, 0.4) is 0 Å². The van der Waals surface area contributed by atoms with Gasteiger partial charge < -0.3 is 10.2 Å². The molecule has 1 aromatic heterocycles. The lowest BCUT2D eigenvalue weighted by Crippen LogP contribution is -1.85. The molecule has 0 spiro atoms. The molecule has 19 heavy (non-hydrogen) atoms. The summed E-state index contributed by atoms with van der Waals surface area (Å²) in [7, 11) is 0. The molecule has 3 nitrogen and oxygen atoms in total. The van der Waals surface area contributed by atoms with Gasteiger partial charge in [0.15, 0.2) is 5.58 Å². The molecule has 2 N–H and O–H groups in total. The molecule has 0 fully saturated rings. The van der Waals surface area contributed by atoms with Gasteiger partial charge in [-0.2, -0.15) is 0 Å². The summed E-state index contributed by atoms with van der Waals surface area (Å²) in [6.07, 6.45) is 0.